The minimum absolute atomic E-state index is 0.0448. The van der Waals surface area contributed by atoms with Crippen molar-refractivity contribution in [1.29, 1.82) is 5.26 Å². The predicted molar refractivity (Wildman–Crippen MR) is 258 cm³/mol. The SMILES string of the molecule is COc1ccc2cccc(C(O)CN3CC[C@H](NCc4ccc5c(n4)NC(=O)CS5)[C@H](F)C3)c2n1.N#Cc1ccc2nccc(CCN3CCC(NCc4ccc5c(n4)NC(=O)CO5)CC3)c2c1. The maximum Gasteiger partial charge on any atom is 0.263 e. The number of methoxy groups -OCH3 is 1. The number of para-hydroxylation sites is 1. The van der Waals surface area contributed by atoms with Gasteiger partial charge in [0.05, 0.1) is 57.9 Å². The van der Waals surface area contributed by atoms with E-state index in [1.165, 1.54) is 17.3 Å². The number of hydrogen-bond donors (Lipinski definition) is 5. The van der Waals surface area contributed by atoms with Crippen molar-refractivity contribution in [2.24, 2.45) is 0 Å². The average molecular weight is 940 g/mol. The number of aliphatic hydroxyl groups is 1. The minimum atomic E-state index is -1.07. The molecule has 0 saturated carbocycles. The van der Waals surface area contributed by atoms with Gasteiger partial charge in [0.15, 0.2) is 18.2 Å². The number of anilines is 2. The molecule has 0 radical (unpaired) electrons. The number of fused-ring (bicyclic) bond motifs is 4. The zero-order chi connectivity index (χ0) is 47.0. The lowest BCUT2D eigenvalue weighted by molar-refractivity contribution is -0.118. The van der Waals surface area contributed by atoms with E-state index in [1.807, 2.05) is 77.8 Å². The first-order valence-electron chi connectivity index (χ1n) is 23.0. The molecule has 4 aromatic heterocycles. The number of thioether (sulfide) groups is 1. The highest BCUT2D eigenvalue weighted by atomic mass is 32.2. The molecule has 3 atom stereocenters. The topological polar surface area (TPSA) is 203 Å². The fraction of sp³-hybridized carbons (Fsp3) is 0.380. The van der Waals surface area contributed by atoms with Gasteiger partial charge in [-0.25, -0.2) is 19.3 Å². The summed E-state index contributed by atoms with van der Waals surface area (Å²) >= 11 is 1.47. The number of hydrogen-bond acceptors (Lipinski definition) is 15. The van der Waals surface area contributed by atoms with E-state index in [9.17, 15) is 20.0 Å². The zero-order valence-electron chi connectivity index (χ0n) is 37.8. The molecular formula is C50H54FN11O5S. The predicted octanol–water partition coefficient (Wildman–Crippen LogP) is 5.55. The lowest BCUT2D eigenvalue weighted by atomic mass is 10.0. The van der Waals surface area contributed by atoms with Gasteiger partial charge in [0.2, 0.25) is 11.8 Å². The number of nitrogens with one attached hydrogen (secondary N) is 4. The lowest BCUT2D eigenvalue weighted by Crippen LogP contribution is -2.51. The van der Waals surface area contributed by atoms with Crippen LogP contribution in [0, 0.1) is 11.3 Å². The number of piperidine rings is 2. The second-order valence-electron chi connectivity index (χ2n) is 17.4. The van der Waals surface area contributed by atoms with Gasteiger partial charge in [0.1, 0.15) is 12.0 Å². The van der Waals surface area contributed by atoms with Crippen molar-refractivity contribution in [3.05, 3.63) is 113 Å². The van der Waals surface area contributed by atoms with E-state index < -0.39 is 12.3 Å². The van der Waals surface area contributed by atoms with Crippen LogP contribution in [-0.4, -0.2) is 124 Å². The summed E-state index contributed by atoms with van der Waals surface area (Å²) in [4.78, 5) is 46.5. The number of ether oxygens (including phenoxy) is 2. The summed E-state index contributed by atoms with van der Waals surface area (Å²) in [6.07, 6.45) is 3.72. The molecule has 0 bridgehead atoms. The van der Waals surface area contributed by atoms with Gasteiger partial charge in [0.25, 0.3) is 5.91 Å². The third kappa shape index (κ3) is 11.5. The molecule has 4 aliphatic heterocycles. The number of alkyl halides is 1. The average Bonchev–Trinajstić information content (AvgIpc) is 3.36. The first kappa shape index (κ1) is 46.8. The number of β-amino-alcohol motifs (C(OH)–C–C–N with tert-alkyl or cyclic N) is 1. The first-order valence-corrected chi connectivity index (χ1v) is 24.0. The Bertz CT molecular complexity index is 2820. The van der Waals surface area contributed by atoms with E-state index in [-0.39, 0.29) is 31.0 Å². The molecular weight excluding hydrogens is 886 g/mol. The van der Waals surface area contributed by atoms with Crippen molar-refractivity contribution >= 4 is 57.0 Å². The molecule has 68 heavy (non-hydrogen) atoms. The molecule has 5 N–H and O–H groups in total. The number of nitriles is 1. The molecule has 2 aromatic carbocycles. The molecule has 16 nitrogen and oxygen atoms in total. The minimum Gasteiger partial charge on any atom is -0.481 e. The van der Waals surface area contributed by atoms with Crippen molar-refractivity contribution in [2.75, 3.05) is 69.4 Å². The standard InChI is InChI=1S/C25H28FN5O3S.C25H26N6O2/c1-34-23-8-5-15-3-2-4-17(24(15)30-23)20(32)13-31-10-9-19(18(26)12-31)27-11-16-6-7-21-25(28-16)29-22(33)14-35-21;26-14-17-1-3-22-21(13-17)18(5-9-27-22)6-10-31-11-7-19(8-12-31)28-15-20-2-4-23-25(29-20)30-24(32)16-33-23/h2-8,18-20,27,32H,9-14H2,1H3,(H,28,29,33);1-5,9,13,19,28H,6-8,10-12,15-16H2,(H,29,30,32)/t18-,19+,20?;/m1./s1. The van der Waals surface area contributed by atoms with Crippen molar-refractivity contribution in [2.45, 2.75) is 68.0 Å². The molecule has 18 heteroatoms. The highest BCUT2D eigenvalue weighted by Crippen LogP contribution is 2.31. The van der Waals surface area contributed by atoms with Crippen LogP contribution in [0.5, 0.6) is 11.6 Å². The number of halogens is 1. The van der Waals surface area contributed by atoms with Gasteiger partial charge in [-0.3, -0.25) is 19.5 Å². The van der Waals surface area contributed by atoms with E-state index in [2.05, 4.69) is 58.2 Å². The van der Waals surface area contributed by atoms with E-state index in [1.54, 1.807) is 13.2 Å². The number of aromatic nitrogens is 4. The van der Waals surface area contributed by atoms with Crippen molar-refractivity contribution < 1.29 is 28.6 Å². The number of benzene rings is 2. The highest BCUT2D eigenvalue weighted by molar-refractivity contribution is 8.00. The van der Waals surface area contributed by atoms with Crippen LogP contribution in [0.1, 0.15) is 53.4 Å². The first-order chi connectivity index (χ1) is 33.2. The van der Waals surface area contributed by atoms with Crippen LogP contribution in [0.4, 0.5) is 16.0 Å². The van der Waals surface area contributed by atoms with Gasteiger partial charge >= 0.3 is 0 Å². The Labute approximate surface area is 398 Å². The van der Waals surface area contributed by atoms with E-state index in [0.29, 0.717) is 84.3 Å². The summed E-state index contributed by atoms with van der Waals surface area (Å²) in [5, 5.41) is 34.6. The van der Waals surface area contributed by atoms with E-state index >= 15 is 4.39 Å². The van der Waals surface area contributed by atoms with Crippen LogP contribution in [-0.2, 0) is 29.1 Å². The Morgan fingerprint density at radius 2 is 1.72 bits per heavy atom. The van der Waals surface area contributed by atoms with Crippen molar-refractivity contribution in [3.63, 3.8) is 0 Å². The highest BCUT2D eigenvalue weighted by Gasteiger charge is 2.31. The molecule has 2 saturated heterocycles. The van der Waals surface area contributed by atoms with Gasteiger partial charge in [-0.05, 0) is 105 Å². The number of nitrogens with zero attached hydrogens (tertiary/aromatic N) is 7. The number of aliphatic hydroxyl groups excluding tert-OH is 1. The number of carbonyl (C=O) groups is 2. The third-order valence-corrected chi connectivity index (χ3v) is 13.8. The third-order valence-electron chi connectivity index (χ3n) is 12.8. The van der Waals surface area contributed by atoms with E-state index in [0.717, 1.165) is 71.5 Å². The Morgan fingerprint density at radius 3 is 2.54 bits per heavy atom. The summed E-state index contributed by atoms with van der Waals surface area (Å²) in [5.41, 5.74) is 5.91. The van der Waals surface area contributed by atoms with Crippen LogP contribution in [0.15, 0.2) is 90.0 Å². The number of pyridine rings is 4. The second kappa shape index (κ2) is 21.7. The van der Waals surface area contributed by atoms with Crippen LogP contribution < -0.4 is 30.7 Å². The summed E-state index contributed by atoms with van der Waals surface area (Å²) in [6, 6.07) is 27.2. The van der Waals surface area contributed by atoms with Gasteiger partial charge in [0, 0.05) is 73.4 Å². The van der Waals surface area contributed by atoms with Crippen LogP contribution in [0.2, 0.25) is 0 Å². The molecule has 10 rings (SSSR count). The Kier molecular flexibility index (Phi) is 15.0. The smallest absolute Gasteiger partial charge is 0.263 e. The van der Waals surface area contributed by atoms with Crippen molar-refractivity contribution in [3.8, 4) is 17.7 Å². The summed E-state index contributed by atoms with van der Waals surface area (Å²) in [6.45, 7) is 5.45. The molecule has 1 unspecified atom stereocenters. The zero-order valence-corrected chi connectivity index (χ0v) is 38.6. The number of amides is 2. The monoisotopic (exact) mass is 939 g/mol. The van der Waals surface area contributed by atoms with Crippen LogP contribution in [0.25, 0.3) is 21.8 Å². The normalized spacial score (nSPS) is 19.1. The molecule has 6 aromatic rings. The lowest BCUT2D eigenvalue weighted by Gasteiger charge is -2.36. The fourth-order valence-electron chi connectivity index (χ4n) is 9.06. The van der Waals surface area contributed by atoms with Crippen LogP contribution >= 0.6 is 11.8 Å². The maximum absolute atomic E-state index is 15.0. The molecule has 2 fully saturated rings. The molecule has 8 heterocycles. The Morgan fingerprint density at radius 1 is 0.926 bits per heavy atom. The van der Waals surface area contributed by atoms with Gasteiger partial charge in [-0.2, -0.15) is 5.26 Å². The van der Waals surface area contributed by atoms with Gasteiger partial charge in [-0.15, -0.1) is 11.8 Å². The Balaban J connectivity index is 0.000000170. The number of carbonyl (C=O) groups excluding carboxylic acids is 2. The molecule has 2 amide bonds. The molecule has 0 spiro atoms. The summed E-state index contributed by atoms with van der Waals surface area (Å²) < 4.78 is 25.6. The number of rotatable bonds is 13. The van der Waals surface area contributed by atoms with Crippen LogP contribution in [0.3, 0.4) is 0 Å². The summed E-state index contributed by atoms with van der Waals surface area (Å²) in [7, 11) is 1.56. The molecule has 0 aliphatic carbocycles. The number of likely N-dealkylation sites (tertiary alicyclic amines) is 2. The van der Waals surface area contributed by atoms with Gasteiger partial charge in [-0.1, -0.05) is 18.2 Å². The fourth-order valence-corrected chi connectivity index (χ4v) is 9.82. The molecule has 352 valence electrons. The molecule has 4 aliphatic rings. The summed E-state index contributed by atoms with van der Waals surface area (Å²) in [5.74, 6) is 2.36. The second-order valence-corrected chi connectivity index (χ2v) is 18.4. The van der Waals surface area contributed by atoms with E-state index in [4.69, 9.17) is 9.47 Å². The quantitative estimate of drug-likeness (QED) is 0.0965. The van der Waals surface area contributed by atoms with Gasteiger partial charge < -0.3 is 40.7 Å². The maximum atomic E-state index is 15.0. The van der Waals surface area contributed by atoms with Crippen molar-refractivity contribution in [1.82, 2.24) is 40.4 Å². The Hall–Kier alpha value is -6.33. The largest absolute Gasteiger partial charge is 0.481 e.